The molecule has 2 aromatic rings. The van der Waals surface area contributed by atoms with Gasteiger partial charge in [0.1, 0.15) is 23.9 Å². The fourth-order valence-electron chi connectivity index (χ4n) is 3.56. The smallest absolute Gasteiger partial charge is 0.259 e. The lowest BCUT2D eigenvalue weighted by Gasteiger charge is -2.38. The van der Waals surface area contributed by atoms with E-state index in [9.17, 15) is 9.59 Å². The van der Waals surface area contributed by atoms with E-state index in [4.69, 9.17) is 10.5 Å². The topological polar surface area (TPSA) is 114 Å². The fraction of sp³-hybridized carbons (Fsp3) is 0.429. The van der Waals surface area contributed by atoms with Gasteiger partial charge in [0.25, 0.3) is 5.91 Å². The Bertz CT molecular complexity index is 919. The van der Waals surface area contributed by atoms with Crippen LogP contribution in [0.1, 0.15) is 21.5 Å². The number of aromatic nitrogens is 2. The van der Waals surface area contributed by atoms with Crippen LogP contribution < -0.4 is 15.8 Å². The zero-order valence-electron chi connectivity index (χ0n) is 17.6. The molecule has 3 rings (SSSR count). The number of piperazine rings is 1. The van der Waals surface area contributed by atoms with E-state index in [1.807, 2.05) is 31.0 Å². The molecule has 3 N–H and O–H groups in total. The van der Waals surface area contributed by atoms with Crippen molar-refractivity contribution in [2.45, 2.75) is 19.4 Å². The fourth-order valence-corrected chi connectivity index (χ4v) is 3.56. The van der Waals surface area contributed by atoms with E-state index >= 15 is 0 Å². The number of carbonyl (C=O) groups is 2. The predicted molar refractivity (Wildman–Crippen MR) is 113 cm³/mol. The number of nitrogens with two attached hydrogens (primary N) is 1. The molecule has 1 aromatic heterocycles. The van der Waals surface area contributed by atoms with Crippen molar-refractivity contribution in [3.05, 3.63) is 47.4 Å². The van der Waals surface area contributed by atoms with Crippen molar-refractivity contribution < 1.29 is 14.3 Å². The second kappa shape index (κ2) is 9.53. The van der Waals surface area contributed by atoms with Gasteiger partial charge in [0.2, 0.25) is 5.91 Å². The summed E-state index contributed by atoms with van der Waals surface area (Å²) >= 11 is 0. The summed E-state index contributed by atoms with van der Waals surface area (Å²) in [6.07, 6.45) is 3.43. The molecule has 1 aliphatic rings. The summed E-state index contributed by atoms with van der Waals surface area (Å²) in [5.74, 6) is 0.635. The Morgan fingerprint density at radius 1 is 1.33 bits per heavy atom. The first kappa shape index (κ1) is 21.5. The molecule has 0 radical (unpaired) electrons. The Kier molecular flexibility index (Phi) is 6.83. The average molecular weight is 412 g/mol. The maximum absolute atomic E-state index is 12.8. The Morgan fingerprint density at radius 2 is 2.13 bits per heavy atom. The van der Waals surface area contributed by atoms with Gasteiger partial charge in [-0.1, -0.05) is 12.1 Å². The SMILES string of the molecule is COc1ccc(CCNC(=O)C2CN(C(=O)c3cncnc3N)CCN2C)cc1C. The van der Waals surface area contributed by atoms with Gasteiger partial charge in [-0.15, -0.1) is 0 Å². The van der Waals surface area contributed by atoms with Crippen molar-refractivity contribution >= 4 is 17.6 Å². The second-order valence-electron chi connectivity index (χ2n) is 7.41. The normalized spacial score (nSPS) is 16.9. The number of hydrogen-bond acceptors (Lipinski definition) is 7. The molecule has 160 valence electrons. The van der Waals surface area contributed by atoms with Gasteiger partial charge in [0, 0.05) is 32.4 Å². The van der Waals surface area contributed by atoms with E-state index in [-0.39, 0.29) is 29.7 Å². The van der Waals surface area contributed by atoms with Crippen LogP contribution in [0.25, 0.3) is 0 Å². The quantitative estimate of drug-likeness (QED) is 0.710. The van der Waals surface area contributed by atoms with E-state index in [2.05, 4.69) is 21.4 Å². The maximum atomic E-state index is 12.8. The summed E-state index contributed by atoms with van der Waals surface area (Å²) < 4.78 is 5.28. The first-order chi connectivity index (χ1) is 14.4. The van der Waals surface area contributed by atoms with E-state index < -0.39 is 6.04 Å². The summed E-state index contributed by atoms with van der Waals surface area (Å²) in [7, 11) is 3.54. The highest BCUT2D eigenvalue weighted by Gasteiger charge is 2.33. The van der Waals surface area contributed by atoms with Crippen LogP contribution in [0, 0.1) is 6.92 Å². The number of aryl methyl sites for hydroxylation is 1. The van der Waals surface area contributed by atoms with Crippen molar-refractivity contribution in [2.24, 2.45) is 0 Å². The van der Waals surface area contributed by atoms with Crippen LogP contribution in [0.4, 0.5) is 5.82 Å². The minimum absolute atomic E-state index is 0.0995. The van der Waals surface area contributed by atoms with Crippen LogP contribution in [0.5, 0.6) is 5.75 Å². The van der Waals surface area contributed by atoms with Crippen LogP contribution >= 0.6 is 0 Å². The van der Waals surface area contributed by atoms with E-state index in [0.717, 1.165) is 16.9 Å². The number of likely N-dealkylation sites (N-methyl/N-ethyl adjacent to an activating group) is 1. The molecule has 30 heavy (non-hydrogen) atoms. The standard InChI is InChI=1S/C21H28N6O3/c1-14-10-15(4-5-18(14)30-3)6-7-24-20(28)17-12-27(9-8-26(17)2)21(29)16-11-23-13-25-19(16)22/h4-5,10-11,13,17H,6-9,12H2,1-3H3,(H,24,28)(H2,22,23,25). The van der Waals surface area contributed by atoms with Crippen molar-refractivity contribution in [3.8, 4) is 5.75 Å². The molecule has 0 bridgehead atoms. The van der Waals surface area contributed by atoms with Gasteiger partial charge in [-0.3, -0.25) is 14.5 Å². The summed E-state index contributed by atoms with van der Waals surface area (Å²) in [5, 5.41) is 2.99. The van der Waals surface area contributed by atoms with Crippen molar-refractivity contribution in [3.63, 3.8) is 0 Å². The van der Waals surface area contributed by atoms with Crippen molar-refractivity contribution in [2.75, 3.05) is 46.1 Å². The summed E-state index contributed by atoms with van der Waals surface area (Å²) in [4.78, 5) is 36.9. The summed E-state index contributed by atoms with van der Waals surface area (Å²) in [6.45, 7) is 3.90. The zero-order valence-corrected chi connectivity index (χ0v) is 17.6. The molecule has 1 aromatic carbocycles. The summed E-state index contributed by atoms with van der Waals surface area (Å²) in [5.41, 5.74) is 8.25. The van der Waals surface area contributed by atoms with Gasteiger partial charge in [0.05, 0.1) is 12.7 Å². The van der Waals surface area contributed by atoms with Crippen LogP contribution in [0.15, 0.2) is 30.7 Å². The molecule has 2 amide bonds. The lowest BCUT2D eigenvalue weighted by molar-refractivity contribution is -0.127. The molecular formula is C21H28N6O3. The van der Waals surface area contributed by atoms with Crippen molar-refractivity contribution in [1.82, 2.24) is 25.1 Å². The largest absolute Gasteiger partial charge is 0.496 e. The van der Waals surface area contributed by atoms with Gasteiger partial charge in [-0.25, -0.2) is 9.97 Å². The third-order valence-corrected chi connectivity index (χ3v) is 5.38. The molecular weight excluding hydrogens is 384 g/mol. The Hall–Kier alpha value is -3.20. The molecule has 1 saturated heterocycles. The van der Waals surface area contributed by atoms with Crippen LogP contribution in [0.3, 0.4) is 0 Å². The molecule has 1 aliphatic heterocycles. The molecule has 0 aliphatic carbocycles. The number of nitrogen functional groups attached to an aromatic ring is 1. The molecule has 0 spiro atoms. The van der Waals surface area contributed by atoms with E-state index in [1.165, 1.54) is 12.5 Å². The number of carbonyl (C=O) groups excluding carboxylic acids is 2. The average Bonchev–Trinajstić information content (AvgIpc) is 2.74. The molecule has 9 heteroatoms. The number of ether oxygens (including phenoxy) is 1. The number of amides is 2. The molecule has 1 atom stereocenters. The third-order valence-electron chi connectivity index (χ3n) is 5.38. The van der Waals surface area contributed by atoms with Gasteiger partial charge in [-0.05, 0) is 37.6 Å². The van der Waals surface area contributed by atoms with Gasteiger partial charge < -0.3 is 20.7 Å². The number of nitrogens with one attached hydrogen (secondary N) is 1. The number of anilines is 1. The number of hydrogen-bond donors (Lipinski definition) is 2. The highest BCUT2D eigenvalue weighted by Crippen LogP contribution is 2.19. The lowest BCUT2D eigenvalue weighted by atomic mass is 10.1. The van der Waals surface area contributed by atoms with E-state index in [0.29, 0.717) is 26.1 Å². The molecule has 0 saturated carbocycles. The maximum Gasteiger partial charge on any atom is 0.259 e. The number of methoxy groups -OCH3 is 1. The number of rotatable bonds is 6. The minimum atomic E-state index is -0.425. The minimum Gasteiger partial charge on any atom is -0.496 e. The monoisotopic (exact) mass is 412 g/mol. The molecule has 1 fully saturated rings. The molecule has 9 nitrogen and oxygen atoms in total. The predicted octanol–water partition coefficient (Wildman–Crippen LogP) is 0.491. The van der Waals surface area contributed by atoms with Crippen LogP contribution in [-0.2, 0) is 11.2 Å². The first-order valence-corrected chi connectivity index (χ1v) is 9.87. The van der Waals surface area contributed by atoms with Gasteiger partial charge in [-0.2, -0.15) is 0 Å². The Balaban J connectivity index is 1.57. The van der Waals surface area contributed by atoms with Gasteiger partial charge in [0.15, 0.2) is 0 Å². The lowest BCUT2D eigenvalue weighted by Crippen LogP contribution is -2.59. The first-order valence-electron chi connectivity index (χ1n) is 9.87. The van der Waals surface area contributed by atoms with Crippen LogP contribution in [0.2, 0.25) is 0 Å². The Labute approximate surface area is 176 Å². The van der Waals surface area contributed by atoms with E-state index in [1.54, 1.807) is 12.0 Å². The Morgan fingerprint density at radius 3 is 2.83 bits per heavy atom. The number of benzene rings is 1. The molecule has 2 heterocycles. The second-order valence-corrected chi connectivity index (χ2v) is 7.41. The highest BCUT2D eigenvalue weighted by atomic mass is 16.5. The van der Waals surface area contributed by atoms with Crippen LogP contribution in [-0.4, -0.2) is 78.0 Å². The molecule has 1 unspecified atom stereocenters. The highest BCUT2D eigenvalue weighted by molar-refractivity contribution is 5.98. The third kappa shape index (κ3) is 4.85. The van der Waals surface area contributed by atoms with Gasteiger partial charge >= 0.3 is 0 Å². The zero-order chi connectivity index (χ0) is 21.7. The van der Waals surface area contributed by atoms with Crippen molar-refractivity contribution in [1.29, 1.82) is 0 Å². The number of nitrogens with zero attached hydrogens (tertiary/aromatic N) is 4. The summed E-state index contributed by atoms with van der Waals surface area (Å²) in [6, 6.07) is 5.57.